The first kappa shape index (κ1) is 16.9. The lowest BCUT2D eigenvalue weighted by Crippen LogP contribution is -1.97. The molecule has 6 heteroatoms. The van der Waals surface area contributed by atoms with Gasteiger partial charge in [0.25, 0.3) is 11.8 Å². The van der Waals surface area contributed by atoms with Crippen molar-refractivity contribution in [2.24, 2.45) is 0 Å². The first-order valence-electron chi connectivity index (χ1n) is 8.43. The molecule has 0 fully saturated rings. The summed E-state index contributed by atoms with van der Waals surface area (Å²) in [4.78, 5) is 4.40. The van der Waals surface area contributed by atoms with Crippen LogP contribution in [0.4, 0.5) is 4.39 Å². The fourth-order valence-electron chi connectivity index (χ4n) is 2.61. The van der Waals surface area contributed by atoms with Crippen molar-refractivity contribution in [1.82, 2.24) is 15.2 Å². The Hall–Kier alpha value is -3.54. The highest BCUT2D eigenvalue weighted by Crippen LogP contribution is 2.31. The Morgan fingerprint density at radius 3 is 2.48 bits per heavy atom. The van der Waals surface area contributed by atoms with Crippen LogP contribution >= 0.6 is 0 Å². The van der Waals surface area contributed by atoms with Gasteiger partial charge < -0.3 is 9.15 Å². The molecule has 2 aromatic heterocycles. The average Bonchev–Trinajstić information content (AvgIpc) is 3.18. The van der Waals surface area contributed by atoms with Crippen molar-refractivity contribution in [3.05, 3.63) is 83.8 Å². The number of halogens is 1. The van der Waals surface area contributed by atoms with Crippen LogP contribution in [0.3, 0.4) is 0 Å². The van der Waals surface area contributed by atoms with Gasteiger partial charge in [-0.1, -0.05) is 30.3 Å². The number of rotatable bonds is 5. The minimum absolute atomic E-state index is 0.276. The van der Waals surface area contributed by atoms with Crippen LogP contribution in [0.25, 0.3) is 23.0 Å². The Kier molecular flexibility index (Phi) is 4.61. The zero-order chi connectivity index (χ0) is 18.6. The number of aromatic nitrogens is 3. The number of benzene rings is 2. The predicted molar refractivity (Wildman–Crippen MR) is 98.4 cm³/mol. The van der Waals surface area contributed by atoms with Crippen molar-refractivity contribution in [3.8, 4) is 28.8 Å². The Balaban J connectivity index is 1.58. The van der Waals surface area contributed by atoms with E-state index in [2.05, 4.69) is 15.2 Å². The highest BCUT2D eigenvalue weighted by molar-refractivity contribution is 5.63. The number of ether oxygens (including phenoxy) is 1. The van der Waals surface area contributed by atoms with Gasteiger partial charge in [0, 0.05) is 5.69 Å². The van der Waals surface area contributed by atoms with E-state index in [4.69, 9.17) is 9.15 Å². The molecule has 0 unspecified atom stereocenters. The van der Waals surface area contributed by atoms with E-state index in [1.165, 1.54) is 12.1 Å². The predicted octanol–water partition coefficient (Wildman–Crippen LogP) is 4.83. The molecule has 2 heterocycles. The molecule has 0 bridgehead atoms. The van der Waals surface area contributed by atoms with E-state index >= 15 is 0 Å². The molecule has 134 valence electrons. The summed E-state index contributed by atoms with van der Waals surface area (Å²) >= 11 is 0. The molecule has 0 aliphatic rings. The number of hydrogen-bond donors (Lipinski definition) is 0. The minimum Gasteiger partial charge on any atom is -0.488 e. The lowest BCUT2D eigenvalue weighted by molar-refractivity contribution is 0.306. The van der Waals surface area contributed by atoms with E-state index in [1.807, 2.05) is 49.4 Å². The summed E-state index contributed by atoms with van der Waals surface area (Å²) in [5.41, 5.74) is 3.04. The number of nitrogens with zero attached hydrogens (tertiary/aromatic N) is 3. The summed E-state index contributed by atoms with van der Waals surface area (Å²) in [7, 11) is 0. The standard InChI is InChI=1S/C21H16FN3O2/c1-14-5-4-7-18(23-14)21-25-24-20(27-21)17-6-2-3-8-19(17)26-13-15-9-11-16(22)12-10-15/h2-12H,13H2,1H3. The van der Waals surface area contributed by atoms with Crippen LogP contribution in [0.5, 0.6) is 5.75 Å². The molecule has 27 heavy (non-hydrogen) atoms. The van der Waals surface area contributed by atoms with Crippen LogP contribution in [-0.2, 0) is 6.61 Å². The van der Waals surface area contributed by atoms with Crippen molar-refractivity contribution >= 4 is 0 Å². The summed E-state index contributed by atoms with van der Waals surface area (Å²) in [6, 6.07) is 19.2. The summed E-state index contributed by atoms with van der Waals surface area (Å²) in [6.07, 6.45) is 0. The highest BCUT2D eigenvalue weighted by Gasteiger charge is 2.15. The third kappa shape index (κ3) is 3.84. The van der Waals surface area contributed by atoms with Gasteiger partial charge in [-0.2, -0.15) is 0 Å². The Bertz CT molecular complexity index is 1060. The Morgan fingerprint density at radius 2 is 1.67 bits per heavy atom. The normalized spacial score (nSPS) is 10.7. The maximum absolute atomic E-state index is 13.0. The second-order valence-electron chi connectivity index (χ2n) is 5.99. The van der Waals surface area contributed by atoms with Gasteiger partial charge in [0.2, 0.25) is 0 Å². The average molecular weight is 361 g/mol. The molecule has 0 saturated carbocycles. The third-order valence-electron chi connectivity index (χ3n) is 3.96. The van der Waals surface area contributed by atoms with E-state index in [9.17, 15) is 4.39 Å². The van der Waals surface area contributed by atoms with E-state index in [-0.39, 0.29) is 5.82 Å². The molecule has 0 aliphatic heterocycles. The molecular weight excluding hydrogens is 345 g/mol. The second-order valence-corrected chi connectivity index (χ2v) is 5.99. The lowest BCUT2D eigenvalue weighted by atomic mass is 10.2. The van der Waals surface area contributed by atoms with Crippen molar-refractivity contribution in [1.29, 1.82) is 0 Å². The first-order valence-corrected chi connectivity index (χ1v) is 8.43. The molecule has 0 N–H and O–H groups in total. The second kappa shape index (κ2) is 7.37. The van der Waals surface area contributed by atoms with Gasteiger partial charge in [-0.05, 0) is 48.9 Å². The topological polar surface area (TPSA) is 61.0 Å². The van der Waals surface area contributed by atoms with Gasteiger partial charge in [-0.3, -0.25) is 0 Å². The van der Waals surface area contributed by atoms with Crippen LogP contribution < -0.4 is 4.74 Å². The third-order valence-corrected chi connectivity index (χ3v) is 3.96. The van der Waals surface area contributed by atoms with Gasteiger partial charge in [-0.15, -0.1) is 10.2 Å². The fourth-order valence-corrected chi connectivity index (χ4v) is 2.61. The molecule has 0 aliphatic carbocycles. The minimum atomic E-state index is -0.276. The first-order chi connectivity index (χ1) is 13.2. The smallest absolute Gasteiger partial charge is 0.266 e. The molecule has 5 nitrogen and oxygen atoms in total. The summed E-state index contributed by atoms with van der Waals surface area (Å²) < 4.78 is 24.7. The van der Waals surface area contributed by atoms with Gasteiger partial charge in [-0.25, -0.2) is 9.37 Å². The molecule has 4 rings (SSSR count). The number of para-hydroxylation sites is 1. The maximum atomic E-state index is 13.0. The molecule has 0 spiro atoms. The van der Waals surface area contributed by atoms with E-state index in [1.54, 1.807) is 12.1 Å². The van der Waals surface area contributed by atoms with Crippen LogP contribution in [0, 0.1) is 12.7 Å². The molecule has 0 saturated heterocycles. The van der Waals surface area contributed by atoms with Gasteiger partial charge >= 0.3 is 0 Å². The quantitative estimate of drug-likeness (QED) is 0.510. The number of hydrogen-bond acceptors (Lipinski definition) is 5. The maximum Gasteiger partial charge on any atom is 0.266 e. The summed E-state index contributed by atoms with van der Waals surface area (Å²) in [5, 5.41) is 8.23. The van der Waals surface area contributed by atoms with Crippen molar-refractivity contribution in [2.75, 3.05) is 0 Å². The van der Waals surface area contributed by atoms with Crippen LogP contribution in [-0.4, -0.2) is 15.2 Å². The lowest BCUT2D eigenvalue weighted by Gasteiger charge is -2.09. The van der Waals surface area contributed by atoms with Gasteiger partial charge in [0.05, 0.1) is 5.56 Å². The van der Waals surface area contributed by atoms with Crippen LogP contribution in [0.2, 0.25) is 0 Å². The molecule has 4 aromatic rings. The molecule has 2 aromatic carbocycles. The van der Waals surface area contributed by atoms with Crippen molar-refractivity contribution in [3.63, 3.8) is 0 Å². The monoisotopic (exact) mass is 361 g/mol. The summed E-state index contributed by atoms with van der Waals surface area (Å²) in [5.74, 6) is 1.03. The fraction of sp³-hybridized carbons (Fsp3) is 0.0952. The SMILES string of the molecule is Cc1cccc(-c2nnc(-c3ccccc3OCc3ccc(F)cc3)o2)n1. The molecule has 0 amide bonds. The van der Waals surface area contributed by atoms with Crippen molar-refractivity contribution < 1.29 is 13.5 Å². The van der Waals surface area contributed by atoms with E-state index in [0.29, 0.717) is 35.4 Å². The largest absolute Gasteiger partial charge is 0.488 e. The van der Waals surface area contributed by atoms with Crippen molar-refractivity contribution in [2.45, 2.75) is 13.5 Å². The number of aryl methyl sites for hydroxylation is 1. The number of pyridine rings is 1. The van der Waals surface area contributed by atoms with Crippen LogP contribution in [0.1, 0.15) is 11.3 Å². The van der Waals surface area contributed by atoms with E-state index in [0.717, 1.165) is 11.3 Å². The van der Waals surface area contributed by atoms with Gasteiger partial charge in [0.1, 0.15) is 23.9 Å². The Morgan fingerprint density at radius 1 is 0.889 bits per heavy atom. The van der Waals surface area contributed by atoms with Gasteiger partial charge in [0.15, 0.2) is 0 Å². The Labute approximate surface area is 155 Å². The zero-order valence-electron chi connectivity index (χ0n) is 14.6. The van der Waals surface area contributed by atoms with E-state index < -0.39 is 0 Å². The highest BCUT2D eigenvalue weighted by atomic mass is 19.1. The van der Waals surface area contributed by atoms with Crippen LogP contribution in [0.15, 0.2) is 71.1 Å². The molecule has 0 atom stereocenters. The zero-order valence-corrected chi connectivity index (χ0v) is 14.6. The summed E-state index contributed by atoms with van der Waals surface area (Å²) in [6.45, 7) is 2.21. The molecule has 0 radical (unpaired) electrons. The molecular formula is C21H16FN3O2.